The first-order chi connectivity index (χ1) is 10.1. The third-order valence-electron chi connectivity index (χ3n) is 4.32. The highest BCUT2D eigenvalue weighted by molar-refractivity contribution is 5.36. The molecule has 2 rings (SSSR count). The molecule has 1 aromatic carbocycles. The molecule has 1 fully saturated rings. The summed E-state index contributed by atoms with van der Waals surface area (Å²) in [7, 11) is 1.77. The van der Waals surface area contributed by atoms with E-state index in [2.05, 4.69) is 49.2 Å². The fourth-order valence-corrected chi connectivity index (χ4v) is 3.12. The summed E-state index contributed by atoms with van der Waals surface area (Å²) in [6.07, 6.45) is 3.96. The number of nitrogens with zero attached hydrogens (tertiary/aromatic N) is 1. The molecule has 0 spiro atoms. The molecule has 0 aliphatic carbocycles. The van der Waals surface area contributed by atoms with Crippen molar-refractivity contribution in [2.45, 2.75) is 58.7 Å². The van der Waals surface area contributed by atoms with Gasteiger partial charge in [0.2, 0.25) is 0 Å². The van der Waals surface area contributed by atoms with Gasteiger partial charge in [-0.2, -0.15) is 0 Å². The average molecular weight is 290 g/mol. The Hall–Kier alpha value is -1.06. The van der Waals surface area contributed by atoms with E-state index in [1.165, 1.54) is 36.9 Å². The summed E-state index contributed by atoms with van der Waals surface area (Å²) in [5, 5.41) is 3.60. The molecule has 1 saturated heterocycles. The van der Waals surface area contributed by atoms with Crippen LogP contribution in [0.3, 0.4) is 0 Å². The highest BCUT2D eigenvalue weighted by atomic mass is 16.5. The predicted molar refractivity (Wildman–Crippen MR) is 88.9 cm³/mol. The van der Waals surface area contributed by atoms with Gasteiger partial charge in [-0.25, -0.2) is 0 Å². The Balaban J connectivity index is 2.06. The second-order valence-corrected chi connectivity index (χ2v) is 6.50. The van der Waals surface area contributed by atoms with E-state index < -0.39 is 0 Å². The molecule has 0 amide bonds. The number of likely N-dealkylation sites (tertiary alicyclic amines) is 1. The topological polar surface area (TPSA) is 24.5 Å². The first-order valence-corrected chi connectivity index (χ1v) is 8.21. The van der Waals surface area contributed by atoms with Crippen LogP contribution in [0.4, 0.5) is 0 Å². The Morgan fingerprint density at radius 2 is 2.14 bits per heavy atom. The normalized spacial score (nSPS) is 20.0. The average Bonchev–Trinajstić information content (AvgIpc) is 2.46. The molecule has 1 heterocycles. The van der Waals surface area contributed by atoms with Crippen LogP contribution in [0.15, 0.2) is 18.2 Å². The lowest BCUT2D eigenvalue weighted by Gasteiger charge is -2.36. The van der Waals surface area contributed by atoms with Crippen molar-refractivity contribution < 1.29 is 4.74 Å². The van der Waals surface area contributed by atoms with Gasteiger partial charge >= 0.3 is 0 Å². The molecule has 0 radical (unpaired) electrons. The van der Waals surface area contributed by atoms with Gasteiger partial charge in [0, 0.05) is 30.7 Å². The lowest BCUT2D eigenvalue weighted by molar-refractivity contribution is 0.134. The molecule has 0 saturated carbocycles. The molecule has 1 aliphatic rings. The van der Waals surface area contributed by atoms with Gasteiger partial charge in [-0.15, -0.1) is 0 Å². The molecule has 1 aromatic rings. The van der Waals surface area contributed by atoms with Crippen LogP contribution in [-0.4, -0.2) is 37.2 Å². The van der Waals surface area contributed by atoms with Crippen LogP contribution in [0.25, 0.3) is 0 Å². The van der Waals surface area contributed by atoms with Crippen molar-refractivity contribution in [3.63, 3.8) is 0 Å². The van der Waals surface area contributed by atoms with Crippen molar-refractivity contribution in [1.82, 2.24) is 10.2 Å². The molecule has 1 unspecified atom stereocenters. The fourth-order valence-electron chi connectivity index (χ4n) is 3.12. The van der Waals surface area contributed by atoms with Crippen molar-refractivity contribution >= 4 is 0 Å². The summed E-state index contributed by atoms with van der Waals surface area (Å²) in [5.74, 6) is 1.02. The molecule has 0 aromatic heterocycles. The summed E-state index contributed by atoms with van der Waals surface area (Å²) < 4.78 is 5.53. The van der Waals surface area contributed by atoms with E-state index in [1.807, 2.05) is 0 Å². The van der Waals surface area contributed by atoms with Crippen LogP contribution in [0, 0.1) is 6.92 Å². The number of ether oxygens (including phenoxy) is 1. The van der Waals surface area contributed by atoms with Gasteiger partial charge in [-0.1, -0.05) is 38.0 Å². The Bertz CT molecular complexity index is 445. The first-order valence-electron chi connectivity index (χ1n) is 8.21. The van der Waals surface area contributed by atoms with Crippen LogP contribution in [0.5, 0.6) is 5.75 Å². The van der Waals surface area contributed by atoms with E-state index in [0.29, 0.717) is 12.1 Å². The van der Waals surface area contributed by atoms with Crippen LogP contribution in [0.2, 0.25) is 0 Å². The van der Waals surface area contributed by atoms with E-state index in [4.69, 9.17) is 4.74 Å². The summed E-state index contributed by atoms with van der Waals surface area (Å²) in [6.45, 7) is 9.87. The maximum absolute atomic E-state index is 5.53. The second-order valence-electron chi connectivity index (χ2n) is 6.50. The number of nitrogens with one attached hydrogen (secondary N) is 1. The molecule has 21 heavy (non-hydrogen) atoms. The Morgan fingerprint density at radius 3 is 2.86 bits per heavy atom. The zero-order valence-electron chi connectivity index (χ0n) is 14.0. The molecular formula is C18H30N2O. The minimum absolute atomic E-state index is 0.558. The lowest BCUT2D eigenvalue weighted by atomic mass is 10.00. The quantitative estimate of drug-likeness (QED) is 0.869. The largest absolute Gasteiger partial charge is 0.496 e. The van der Waals surface area contributed by atoms with Crippen LogP contribution >= 0.6 is 0 Å². The zero-order chi connectivity index (χ0) is 15.2. The molecule has 1 aliphatic heterocycles. The van der Waals surface area contributed by atoms with Crippen molar-refractivity contribution in [2.24, 2.45) is 0 Å². The number of rotatable bonds is 6. The van der Waals surface area contributed by atoms with Gasteiger partial charge in [0.1, 0.15) is 5.75 Å². The van der Waals surface area contributed by atoms with E-state index in [-0.39, 0.29) is 0 Å². The summed E-state index contributed by atoms with van der Waals surface area (Å²) in [6, 6.07) is 7.68. The summed E-state index contributed by atoms with van der Waals surface area (Å²) >= 11 is 0. The Morgan fingerprint density at radius 1 is 1.33 bits per heavy atom. The number of hydrogen-bond donors (Lipinski definition) is 1. The van der Waals surface area contributed by atoms with Crippen molar-refractivity contribution in [3.05, 3.63) is 29.3 Å². The van der Waals surface area contributed by atoms with Crippen LogP contribution in [0.1, 0.15) is 44.2 Å². The maximum Gasteiger partial charge on any atom is 0.123 e. The Kier molecular flexibility index (Phi) is 6.07. The predicted octanol–water partition coefficient (Wildman–Crippen LogP) is 3.36. The molecule has 3 heteroatoms. The van der Waals surface area contributed by atoms with E-state index >= 15 is 0 Å². The number of hydrogen-bond acceptors (Lipinski definition) is 3. The van der Waals surface area contributed by atoms with Crippen molar-refractivity contribution in [1.29, 1.82) is 0 Å². The SMILES string of the molecule is COc1ccc(C)cc1CN1CCCCC1CNC(C)C. The second kappa shape index (κ2) is 7.81. The molecule has 118 valence electrons. The maximum atomic E-state index is 5.53. The van der Waals surface area contributed by atoms with Crippen molar-refractivity contribution in [3.8, 4) is 5.75 Å². The third kappa shape index (κ3) is 4.72. The van der Waals surface area contributed by atoms with Gasteiger partial charge in [0.25, 0.3) is 0 Å². The van der Waals surface area contributed by atoms with E-state index in [1.54, 1.807) is 7.11 Å². The molecule has 1 N–H and O–H groups in total. The molecule has 0 bridgehead atoms. The standard InChI is InChI=1S/C18H30N2O/c1-14(2)19-12-17-7-5-6-10-20(17)13-16-11-15(3)8-9-18(16)21-4/h8-9,11,14,17,19H,5-7,10,12-13H2,1-4H3. The first kappa shape index (κ1) is 16.3. The highest BCUT2D eigenvalue weighted by Gasteiger charge is 2.23. The van der Waals surface area contributed by atoms with E-state index in [0.717, 1.165) is 18.8 Å². The summed E-state index contributed by atoms with van der Waals surface area (Å²) in [5.41, 5.74) is 2.62. The molecule has 1 atom stereocenters. The van der Waals surface area contributed by atoms with Crippen LogP contribution < -0.4 is 10.1 Å². The Labute approximate surface area is 129 Å². The van der Waals surface area contributed by atoms with Crippen LogP contribution in [-0.2, 0) is 6.54 Å². The smallest absolute Gasteiger partial charge is 0.123 e. The molecule has 3 nitrogen and oxygen atoms in total. The van der Waals surface area contributed by atoms with Gasteiger partial charge in [0.15, 0.2) is 0 Å². The fraction of sp³-hybridized carbons (Fsp3) is 0.667. The zero-order valence-corrected chi connectivity index (χ0v) is 14.0. The minimum Gasteiger partial charge on any atom is -0.496 e. The lowest BCUT2D eigenvalue weighted by Crippen LogP contribution is -2.46. The number of aryl methyl sites for hydroxylation is 1. The number of methoxy groups -OCH3 is 1. The minimum atomic E-state index is 0.558. The number of benzene rings is 1. The number of piperidine rings is 1. The molecular weight excluding hydrogens is 260 g/mol. The van der Waals surface area contributed by atoms with Gasteiger partial charge in [-0.05, 0) is 32.4 Å². The van der Waals surface area contributed by atoms with Gasteiger partial charge < -0.3 is 10.1 Å². The summed E-state index contributed by atoms with van der Waals surface area (Å²) in [4.78, 5) is 2.62. The third-order valence-corrected chi connectivity index (χ3v) is 4.32. The van der Waals surface area contributed by atoms with Crippen molar-refractivity contribution in [2.75, 3.05) is 20.2 Å². The van der Waals surface area contributed by atoms with Gasteiger partial charge in [0.05, 0.1) is 7.11 Å². The highest BCUT2D eigenvalue weighted by Crippen LogP contribution is 2.25. The van der Waals surface area contributed by atoms with Gasteiger partial charge in [-0.3, -0.25) is 4.90 Å². The monoisotopic (exact) mass is 290 g/mol. The van der Waals surface area contributed by atoms with E-state index in [9.17, 15) is 0 Å².